The molecule has 0 radical (unpaired) electrons. The maximum atomic E-state index is 3.86. The Labute approximate surface area is 110 Å². The predicted molar refractivity (Wildman–Crippen MR) is 79.5 cm³/mol. The SMILES string of the molecule is C=CCC1(CC=C)C=CC(c2ccccc2)C=C1. The van der Waals surface area contributed by atoms with Gasteiger partial charge in [-0.2, -0.15) is 0 Å². The van der Waals surface area contributed by atoms with Gasteiger partial charge in [-0.25, -0.2) is 0 Å². The summed E-state index contributed by atoms with van der Waals surface area (Å²) >= 11 is 0. The zero-order valence-corrected chi connectivity index (χ0v) is 10.8. The molecule has 1 aliphatic rings. The molecule has 0 saturated carbocycles. The Balaban J connectivity index is 2.19. The van der Waals surface area contributed by atoms with Gasteiger partial charge in [-0.15, -0.1) is 13.2 Å². The maximum absolute atomic E-state index is 3.86. The van der Waals surface area contributed by atoms with Crippen molar-refractivity contribution < 1.29 is 0 Å². The van der Waals surface area contributed by atoms with Crippen LogP contribution in [0.25, 0.3) is 0 Å². The van der Waals surface area contributed by atoms with E-state index in [0.29, 0.717) is 5.92 Å². The lowest BCUT2D eigenvalue weighted by Crippen LogP contribution is -2.16. The van der Waals surface area contributed by atoms with Crippen molar-refractivity contribution in [2.24, 2.45) is 5.41 Å². The van der Waals surface area contributed by atoms with Crippen LogP contribution in [0.1, 0.15) is 24.3 Å². The number of hydrogen-bond donors (Lipinski definition) is 0. The van der Waals surface area contributed by atoms with E-state index < -0.39 is 0 Å². The minimum atomic E-state index is 0.0920. The van der Waals surface area contributed by atoms with Crippen LogP contribution in [0.4, 0.5) is 0 Å². The minimum absolute atomic E-state index is 0.0920. The number of allylic oxidation sites excluding steroid dienone is 6. The standard InChI is InChI=1S/C18H20/c1-3-12-18(13-4-2)14-10-17(11-15-18)16-8-6-5-7-9-16/h3-11,14-15,17H,1-2,12-13H2. The van der Waals surface area contributed by atoms with Gasteiger partial charge in [0.25, 0.3) is 0 Å². The zero-order valence-electron chi connectivity index (χ0n) is 10.8. The molecule has 1 aromatic rings. The van der Waals surface area contributed by atoms with Crippen molar-refractivity contribution in [3.8, 4) is 0 Å². The summed E-state index contributed by atoms with van der Waals surface area (Å²) in [5.41, 5.74) is 1.44. The van der Waals surface area contributed by atoms with Gasteiger partial charge in [0, 0.05) is 11.3 Å². The first kappa shape index (κ1) is 12.6. The molecule has 0 aliphatic heterocycles. The Bertz CT molecular complexity index is 436. The molecule has 0 saturated heterocycles. The lowest BCUT2D eigenvalue weighted by Gasteiger charge is -2.29. The summed E-state index contributed by atoms with van der Waals surface area (Å²) < 4.78 is 0. The molecule has 0 fully saturated rings. The predicted octanol–water partition coefficient (Wildman–Crippen LogP) is 5.03. The highest BCUT2D eigenvalue weighted by Crippen LogP contribution is 2.37. The van der Waals surface area contributed by atoms with Gasteiger partial charge in [-0.1, -0.05) is 66.8 Å². The Morgan fingerprint density at radius 3 is 2.00 bits per heavy atom. The fraction of sp³-hybridized carbons (Fsp3) is 0.222. The summed E-state index contributed by atoms with van der Waals surface area (Å²) in [5, 5.41) is 0. The molecule has 92 valence electrons. The van der Waals surface area contributed by atoms with Crippen molar-refractivity contribution in [2.75, 3.05) is 0 Å². The minimum Gasteiger partial charge on any atom is -0.103 e. The van der Waals surface area contributed by atoms with E-state index in [0.717, 1.165) is 12.8 Å². The fourth-order valence-electron chi connectivity index (χ4n) is 2.50. The van der Waals surface area contributed by atoms with Gasteiger partial charge in [0.05, 0.1) is 0 Å². The Morgan fingerprint density at radius 1 is 0.944 bits per heavy atom. The van der Waals surface area contributed by atoms with E-state index in [1.165, 1.54) is 5.56 Å². The maximum Gasteiger partial charge on any atom is 0.0199 e. The van der Waals surface area contributed by atoms with E-state index in [-0.39, 0.29) is 5.41 Å². The van der Waals surface area contributed by atoms with Crippen molar-refractivity contribution in [3.63, 3.8) is 0 Å². The van der Waals surface area contributed by atoms with Gasteiger partial charge in [-0.05, 0) is 18.4 Å². The quantitative estimate of drug-likeness (QED) is 0.629. The Kier molecular flexibility index (Phi) is 3.99. The molecule has 18 heavy (non-hydrogen) atoms. The van der Waals surface area contributed by atoms with Crippen LogP contribution in [-0.2, 0) is 0 Å². The Hall–Kier alpha value is -1.82. The molecule has 0 heterocycles. The molecule has 0 nitrogen and oxygen atoms in total. The summed E-state index contributed by atoms with van der Waals surface area (Å²) in [6.07, 6.45) is 15.1. The van der Waals surface area contributed by atoms with Crippen LogP contribution in [0.15, 0.2) is 79.9 Å². The van der Waals surface area contributed by atoms with E-state index in [2.05, 4.69) is 67.8 Å². The van der Waals surface area contributed by atoms with E-state index >= 15 is 0 Å². The molecule has 0 spiro atoms. The van der Waals surface area contributed by atoms with Crippen molar-refractivity contribution in [3.05, 3.63) is 85.5 Å². The lowest BCUT2D eigenvalue weighted by atomic mass is 9.75. The molecule has 1 aromatic carbocycles. The second-order valence-corrected chi connectivity index (χ2v) is 4.87. The fourth-order valence-corrected chi connectivity index (χ4v) is 2.50. The smallest absolute Gasteiger partial charge is 0.0199 e. The van der Waals surface area contributed by atoms with Crippen LogP contribution >= 0.6 is 0 Å². The van der Waals surface area contributed by atoms with E-state index in [1.54, 1.807) is 0 Å². The summed E-state index contributed by atoms with van der Waals surface area (Å²) in [6.45, 7) is 7.71. The van der Waals surface area contributed by atoms with Crippen molar-refractivity contribution in [1.82, 2.24) is 0 Å². The zero-order chi connectivity index (χ0) is 12.8. The van der Waals surface area contributed by atoms with Gasteiger partial charge in [0.15, 0.2) is 0 Å². The average Bonchev–Trinajstić information content (AvgIpc) is 2.41. The largest absolute Gasteiger partial charge is 0.103 e. The summed E-state index contributed by atoms with van der Waals surface area (Å²) in [4.78, 5) is 0. The molecule has 0 unspecified atom stereocenters. The van der Waals surface area contributed by atoms with Gasteiger partial charge in [0.1, 0.15) is 0 Å². The van der Waals surface area contributed by atoms with Gasteiger partial charge < -0.3 is 0 Å². The van der Waals surface area contributed by atoms with E-state index in [4.69, 9.17) is 0 Å². The number of rotatable bonds is 5. The highest BCUT2D eigenvalue weighted by Gasteiger charge is 2.24. The summed E-state index contributed by atoms with van der Waals surface area (Å²) in [6, 6.07) is 10.6. The van der Waals surface area contributed by atoms with Crippen molar-refractivity contribution >= 4 is 0 Å². The third-order valence-electron chi connectivity index (χ3n) is 3.50. The third kappa shape index (κ3) is 2.70. The van der Waals surface area contributed by atoms with Crippen LogP contribution in [-0.4, -0.2) is 0 Å². The highest BCUT2D eigenvalue weighted by molar-refractivity contribution is 5.34. The third-order valence-corrected chi connectivity index (χ3v) is 3.50. The van der Waals surface area contributed by atoms with Crippen molar-refractivity contribution in [1.29, 1.82) is 0 Å². The molecule has 0 heteroatoms. The Morgan fingerprint density at radius 2 is 1.50 bits per heavy atom. The summed E-state index contributed by atoms with van der Waals surface area (Å²) in [7, 11) is 0. The second-order valence-electron chi connectivity index (χ2n) is 4.87. The first-order chi connectivity index (χ1) is 8.79. The monoisotopic (exact) mass is 236 g/mol. The molecular weight excluding hydrogens is 216 g/mol. The van der Waals surface area contributed by atoms with Crippen LogP contribution in [0, 0.1) is 5.41 Å². The lowest BCUT2D eigenvalue weighted by molar-refractivity contribution is 0.498. The van der Waals surface area contributed by atoms with Gasteiger partial charge >= 0.3 is 0 Å². The van der Waals surface area contributed by atoms with Gasteiger partial charge in [-0.3, -0.25) is 0 Å². The topological polar surface area (TPSA) is 0 Å². The molecule has 1 aliphatic carbocycles. The summed E-state index contributed by atoms with van der Waals surface area (Å²) in [5.74, 6) is 0.397. The van der Waals surface area contributed by atoms with Crippen LogP contribution in [0.2, 0.25) is 0 Å². The molecule has 0 amide bonds. The first-order valence-corrected chi connectivity index (χ1v) is 6.45. The molecular formula is C18H20. The normalized spacial score (nSPS) is 17.6. The average molecular weight is 236 g/mol. The van der Waals surface area contributed by atoms with Gasteiger partial charge in [0.2, 0.25) is 0 Å². The van der Waals surface area contributed by atoms with Crippen LogP contribution in [0.5, 0.6) is 0 Å². The molecule has 0 atom stereocenters. The first-order valence-electron chi connectivity index (χ1n) is 6.45. The molecule has 0 aromatic heterocycles. The second kappa shape index (κ2) is 5.68. The number of benzene rings is 1. The van der Waals surface area contributed by atoms with E-state index in [1.807, 2.05) is 12.2 Å². The highest BCUT2D eigenvalue weighted by atomic mass is 14.3. The molecule has 2 rings (SSSR count). The van der Waals surface area contributed by atoms with Crippen LogP contribution < -0.4 is 0 Å². The molecule has 0 N–H and O–H groups in total. The van der Waals surface area contributed by atoms with E-state index in [9.17, 15) is 0 Å². The molecule has 0 bridgehead atoms. The number of hydrogen-bond acceptors (Lipinski definition) is 0. The van der Waals surface area contributed by atoms with Crippen LogP contribution in [0.3, 0.4) is 0 Å². The van der Waals surface area contributed by atoms with Crippen molar-refractivity contribution in [2.45, 2.75) is 18.8 Å².